The Morgan fingerprint density at radius 1 is 1.20 bits per heavy atom. The van der Waals surface area contributed by atoms with Gasteiger partial charge in [-0.1, -0.05) is 0 Å². The summed E-state index contributed by atoms with van der Waals surface area (Å²) in [5, 5.41) is 0. The van der Waals surface area contributed by atoms with E-state index >= 15 is 0 Å². The Labute approximate surface area is 48.8 Å². The van der Waals surface area contributed by atoms with Crippen LogP contribution in [0.4, 0.5) is 0 Å². The molecule has 0 aliphatic heterocycles. The van der Waals surface area contributed by atoms with Gasteiger partial charge in [0, 0.05) is 0 Å². The molecule has 0 radical (unpaired) electrons. The second-order valence-electron chi connectivity index (χ2n) is 0. The van der Waals surface area contributed by atoms with Crippen molar-refractivity contribution in [3.8, 4) is 0 Å². The molecule has 4 heteroatoms. The maximum absolute atomic E-state index is 8.38. The molecule has 0 saturated heterocycles. The first kappa shape index (κ1) is 17.2. The first-order chi connectivity index (χ1) is 2.00. The monoisotopic (exact) mass is 169 g/mol. The van der Waals surface area contributed by atoms with E-state index in [-0.39, 0.29) is 25.7 Å². The van der Waals surface area contributed by atoms with Crippen molar-refractivity contribution >= 4 is 0 Å². The van der Waals surface area contributed by atoms with Crippen LogP contribution in [0.15, 0.2) is 0 Å². The summed E-state index contributed by atoms with van der Waals surface area (Å²) in [6.45, 7) is 0. The SMILES string of the molecule is [CH3-].[O]=[Ni].[O]=[Zn]. The van der Waals surface area contributed by atoms with Crippen molar-refractivity contribution in [2.24, 2.45) is 0 Å². The Hall–Kier alpha value is 0.717. The first-order valence-electron chi connectivity index (χ1n) is 0.418. The summed E-state index contributed by atoms with van der Waals surface area (Å²) in [6, 6.07) is 0. The zero-order chi connectivity index (χ0) is 4.00. The summed E-state index contributed by atoms with van der Waals surface area (Å²) in [6.07, 6.45) is 0. The summed E-state index contributed by atoms with van der Waals surface area (Å²) >= 11 is 2.75. The minimum absolute atomic E-state index is 0. The molecule has 0 aromatic rings. The first-order valence-corrected chi connectivity index (χ1v) is 2.03. The molecular formula is CH3NiO2Zn-. The average molecular weight is 171 g/mol. The third-order valence-electron chi connectivity index (χ3n) is 0. The molecule has 0 heterocycles. The van der Waals surface area contributed by atoms with Gasteiger partial charge in [0.2, 0.25) is 0 Å². The zero-order valence-corrected chi connectivity index (χ0v) is 6.79. The second-order valence-corrected chi connectivity index (χ2v) is 0. The number of rotatable bonds is 0. The molecule has 0 bridgehead atoms. The van der Waals surface area contributed by atoms with E-state index in [4.69, 9.17) is 7.47 Å². The molecular weight excluding hydrogens is 168 g/mol. The molecule has 32 valence electrons. The van der Waals surface area contributed by atoms with Crippen molar-refractivity contribution in [3.63, 3.8) is 0 Å². The fraction of sp³-hybridized carbons (Fsp3) is 0. The van der Waals surface area contributed by atoms with Crippen molar-refractivity contribution in [2.45, 2.75) is 0 Å². The average Bonchev–Trinajstić information content (AvgIpc) is 1.50. The van der Waals surface area contributed by atoms with Crippen LogP contribution in [0.1, 0.15) is 0 Å². The Balaban J connectivity index is -0.0000000133. The van der Waals surface area contributed by atoms with E-state index in [1.54, 1.807) is 0 Å². The van der Waals surface area contributed by atoms with E-state index in [1.807, 2.05) is 0 Å². The van der Waals surface area contributed by atoms with Gasteiger partial charge in [-0.2, -0.15) is 0 Å². The van der Waals surface area contributed by atoms with Gasteiger partial charge in [0.25, 0.3) is 0 Å². The van der Waals surface area contributed by atoms with Crippen LogP contribution in [0.3, 0.4) is 0 Å². The van der Waals surface area contributed by atoms with Crippen molar-refractivity contribution in [1.82, 2.24) is 0 Å². The van der Waals surface area contributed by atoms with E-state index in [9.17, 15) is 0 Å². The van der Waals surface area contributed by atoms with Crippen LogP contribution in [0.25, 0.3) is 0 Å². The summed E-state index contributed by atoms with van der Waals surface area (Å²) in [5.74, 6) is 0. The van der Waals surface area contributed by atoms with Crippen molar-refractivity contribution in [2.75, 3.05) is 0 Å². The molecule has 0 fully saturated rings. The second kappa shape index (κ2) is 127. The van der Waals surface area contributed by atoms with Crippen molar-refractivity contribution in [3.05, 3.63) is 7.43 Å². The summed E-state index contributed by atoms with van der Waals surface area (Å²) in [5.41, 5.74) is 0. The summed E-state index contributed by atoms with van der Waals surface area (Å²) < 4.78 is 16.2. The van der Waals surface area contributed by atoms with Crippen LogP contribution in [0.2, 0.25) is 0 Å². The molecule has 0 aliphatic carbocycles. The van der Waals surface area contributed by atoms with Gasteiger partial charge in [0.1, 0.15) is 0 Å². The van der Waals surface area contributed by atoms with Gasteiger partial charge in [-0.05, 0) is 0 Å². The van der Waals surface area contributed by atoms with Crippen LogP contribution in [-0.2, 0) is 41.1 Å². The van der Waals surface area contributed by atoms with Crippen LogP contribution in [0.5, 0.6) is 0 Å². The molecule has 0 aromatic carbocycles. The van der Waals surface area contributed by atoms with Gasteiger partial charge < -0.3 is 7.43 Å². The van der Waals surface area contributed by atoms with E-state index in [0.29, 0.717) is 0 Å². The number of hydrogen-bond acceptors (Lipinski definition) is 2. The minimum atomic E-state index is 0. The predicted octanol–water partition coefficient (Wildman–Crippen LogP) is 0.208. The van der Waals surface area contributed by atoms with Gasteiger partial charge >= 0.3 is 41.1 Å². The van der Waals surface area contributed by atoms with Gasteiger partial charge in [-0.15, -0.1) is 0 Å². The molecule has 0 amide bonds. The standard InChI is InChI=1S/CH3.Ni.2O.Zn/h1H3;;;;/q-1;;;;. The fourth-order valence-corrected chi connectivity index (χ4v) is 0. The Kier molecular flexibility index (Phi) is 437. The molecule has 0 atom stereocenters. The summed E-state index contributed by atoms with van der Waals surface area (Å²) in [7, 11) is 0. The molecule has 2 nitrogen and oxygen atoms in total. The molecule has 5 heavy (non-hydrogen) atoms. The van der Waals surface area contributed by atoms with Crippen LogP contribution in [-0.4, -0.2) is 0 Å². The van der Waals surface area contributed by atoms with Crippen LogP contribution < -0.4 is 0 Å². The fourth-order valence-electron chi connectivity index (χ4n) is 0. The van der Waals surface area contributed by atoms with Crippen LogP contribution in [0, 0.1) is 7.43 Å². The van der Waals surface area contributed by atoms with Gasteiger partial charge in [0.15, 0.2) is 0 Å². The van der Waals surface area contributed by atoms with E-state index in [0.717, 1.165) is 0 Å². The van der Waals surface area contributed by atoms with Crippen molar-refractivity contribution < 1.29 is 41.1 Å². The summed E-state index contributed by atoms with van der Waals surface area (Å²) in [4.78, 5) is 0. The Morgan fingerprint density at radius 2 is 1.20 bits per heavy atom. The van der Waals surface area contributed by atoms with Crippen LogP contribution >= 0.6 is 0 Å². The normalized spacial score (nSPS) is 2.40. The third kappa shape index (κ3) is 67.7. The maximum atomic E-state index is 8.38. The zero-order valence-electron chi connectivity index (χ0n) is 2.84. The molecule has 0 saturated carbocycles. The van der Waals surface area contributed by atoms with Gasteiger partial charge in [-0.3, -0.25) is 0 Å². The predicted molar refractivity (Wildman–Crippen MR) is 7.79 cm³/mol. The van der Waals surface area contributed by atoms with E-state index in [2.05, 4.69) is 15.4 Å². The van der Waals surface area contributed by atoms with Crippen molar-refractivity contribution in [1.29, 1.82) is 0 Å². The Bertz CT molecular complexity index is 11.6. The quantitative estimate of drug-likeness (QED) is 0.385. The Morgan fingerprint density at radius 3 is 1.20 bits per heavy atom. The van der Waals surface area contributed by atoms with E-state index < -0.39 is 0 Å². The van der Waals surface area contributed by atoms with Gasteiger partial charge in [0.05, 0.1) is 0 Å². The van der Waals surface area contributed by atoms with Gasteiger partial charge in [-0.25, -0.2) is 0 Å². The topological polar surface area (TPSA) is 34.1 Å². The number of hydrogen-bond donors (Lipinski definition) is 0. The molecule has 0 rings (SSSR count). The molecule has 0 spiro atoms. The molecule has 0 unspecified atom stereocenters. The molecule has 0 aromatic heterocycles. The molecule has 0 aliphatic rings. The molecule has 0 N–H and O–H groups in total. The third-order valence-corrected chi connectivity index (χ3v) is 0. The van der Waals surface area contributed by atoms with E-state index in [1.165, 1.54) is 0 Å².